The summed E-state index contributed by atoms with van der Waals surface area (Å²) < 4.78 is 18.9. The highest BCUT2D eigenvalue weighted by Crippen LogP contribution is 2.23. The zero-order chi connectivity index (χ0) is 12.0. The lowest BCUT2D eigenvalue weighted by Crippen LogP contribution is -2.11. The minimum absolute atomic E-state index is 0.141. The van der Waals surface area contributed by atoms with E-state index in [9.17, 15) is 4.39 Å². The Kier molecular flexibility index (Phi) is 5.30. The number of aryl methyl sites for hydroxylation is 1. The summed E-state index contributed by atoms with van der Waals surface area (Å²) in [6.45, 7) is 6.23. The van der Waals surface area contributed by atoms with Crippen LogP contribution in [-0.4, -0.2) is 6.10 Å². The van der Waals surface area contributed by atoms with Crippen LogP contribution >= 0.6 is 0 Å². The molecular formula is C14H21FO. The first-order valence-corrected chi connectivity index (χ1v) is 6.12. The van der Waals surface area contributed by atoms with Gasteiger partial charge in [0.1, 0.15) is 11.6 Å². The summed E-state index contributed by atoms with van der Waals surface area (Å²) in [5.41, 5.74) is 1.11. The van der Waals surface area contributed by atoms with Gasteiger partial charge in [0.05, 0.1) is 6.10 Å². The van der Waals surface area contributed by atoms with E-state index in [0.29, 0.717) is 5.75 Å². The Morgan fingerprint density at radius 1 is 1.31 bits per heavy atom. The summed E-state index contributed by atoms with van der Waals surface area (Å²) in [7, 11) is 0. The van der Waals surface area contributed by atoms with Crippen LogP contribution in [0.3, 0.4) is 0 Å². The number of hydrogen-bond donors (Lipinski definition) is 0. The molecule has 0 aromatic heterocycles. The van der Waals surface area contributed by atoms with Crippen molar-refractivity contribution >= 4 is 0 Å². The standard InChI is InChI=1S/C14H21FO/c1-4-6-7-12-8-9-13(15)10-14(12)16-11(3)5-2/h8-11H,4-7H2,1-3H3. The molecule has 0 N–H and O–H groups in total. The van der Waals surface area contributed by atoms with E-state index in [4.69, 9.17) is 4.74 Å². The number of ether oxygens (including phenoxy) is 1. The van der Waals surface area contributed by atoms with E-state index in [1.165, 1.54) is 12.1 Å². The van der Waals surface area contributed by atoms with E-state index >= 15 is 0 Å². The molecular weight excluding hydrogens is 203 g/mol. The van der Waals surface area contributed by atoms with Crippen LogP contribution in [0.1, 0.15) is 45.6 Å². The zero-order valence-corrected chi connectivity index (χ0v) is 10.4. The van der Waals surface area contributed by atoms with Crippen molar-refractivity contribution in [3.8, 4) is 5.75 Å². The highest BCUT2D eigenvalue weighted by molar-refractivity contribution is 5.34. The zero-order valence-electron chi connectivity index (χ0n) is 10.4. The van der Waals surface area contributed by atoms with E-state index in [-0.39, 0.29) is 11.9 Å². The maximum Gasteiger partial charge on any atom is 0.126 e. The van der Waals surface area contributed by atoms with Gasteiger partial charge in [0.15, 0.2) is 0 Å². The third kappa shape index (κ3) is 3.84. The first-order valence-electron chi connectivity index (χ1n) is 6.12. The van der Waals surface area contributed by atoms with Crippen LogP contribution in [0, 0.1) is 5.82 Å². The van der Waals surface area contributed by atoms with Crippen LogP contribution in [0.2, 0.25) is 0 Å². The third-order valence-corrected chi connectivity index (χ3v) is 2.73. The van der Waals surface area contributed by atoms with Gasteiger partial charge >= 0.3 is 0 Å². The SMILES string of the molecule is CCCCc1ccc(F)cc1OC(C)CC. The number of halogens is 1. The molecule has 0 heterocycles. The van der Waals surface area contributed by atoms with Crippen LogP contribution < -0.4 is 4.74 Å². The second kappa shape index (κ2) is 6.51. The van der Waals surface area contributed by atoms with Crippen molar-refractivity contribution in [3.63, 3.8) is 0 Å². The fraction of sp³-hybridized carbons (Fsp3) is 0.571. The normalized spacial score (nSPS) is 12.5. The monoisotopic (exact) mass is 224 g/mol. The number of hydrogen-bond acceptors (Lipinski definition) is 1. The average Bonchev–Trinajstić information content (AvgIpc) is 2.28. The van der Waals surface area contributed by atoms with Crippen molar-refractivity contribution in [3.05, 3.63) is 29.6 Å². The third-order valence-electron chi connectivity index (χ3n) is 2.73. The molecule has 0 aliphatic carbocycles. The van der Waals surface area contributed by atoms with Gasteiger partial charge in [-0.15, -0.1) is 0 Å². The molecule has 0 radical (unpaired) electrons. The number of rotatable bonds is 6. The van der Waals surface area contributed by atoms with Gasteiger partial charge < -0.3 is 4.74 Å². The van der Waals surface area contributed by atoms with Crippen molar-refractivity contribution in [2.75, 3.05) is 0 Å². The molecule has 1 atom stereocenters. The molecule has 0 fully saturated rings. The molecule has 0 spiro atoms. The topological polar surface area (TPSA) is 9.23 Å². The molecule has 2 heteroatoms. The molecule has 0 aliphatic rings. The Labute approximate surface area is 97.6 Å². The van der Waals surface area contributed by atoms with E-state index in [0.717, 1.165) is 31.2 Å². The summed E-state index contributed by atoms with van der Waals surface area (Å²) in [5.74, 6) is 0.487. The van der Waals surface area contributed by atoms with Crippen molar-refractivity contribution in [2.45, 2.75) is 52.6 Å². The Balaban J connectivity index is 2.80. The van der Waals surface area contributed by atoms with Gasteiger partial charge in [-0.1, -0.05) is 26.3 Å². The molecule has 1 unspecified atom stereocenters. The first-order chi connectivity index (χ1) is 7.67. The Morgan fingerprint density at radius 3 is 2.69 bits per heavy atom. The summed E-state index contributed by atoms with van der Waals surface area (Å²) in [6.07, 6.45) is 4.29. The van der Waals surface area contributed by atoms with E-state index in [1.54, 1.807) is 0 Å². The van der Waals surface area contributed by atoms with Gasteiger partial charge in [-0.25, -0.2) is 4.39 Å². The van der Waals surface area contributed by atoms with E-state index < -0.39 is 0 Å². The van der Waals surface area contributed by atoms with Crippen molar-refractivity contribution < 1.29 is 9.13 Å². The van der Waals surface area contributed by atoms with E-state index in [2.05, 4.69) is 13.8 Å². The van der Waals surface area contributed by atoms with Crippen LogP contribution in [0.5, 0.6) is 5.75 Å². The second-order valence-corrected chi connectivity index (χ2v) is 4.19. The molecule has 1 aromatic carbocycles. The molecule has 0 saturated carbocycles. The Morgan fingerprint density at radius 2 is 2.06 bits per heavy atom. The summed E-state index contributed by atoms with van der Waals surface area (Å²) in [4.78, 5) is 0. The average molecular weight is 224 g/mol. The lowest BCUT2D eigenvalue weighted by atomic mass is 10.1. The van der Waals surface area contributed by atoms with Crippen LogP contribution in [0.4, 0.5) is 4.39 Å². The number of unbranched alkanes of at least 4 members (excludes halogenated alkanes) is 1. The van der Waals surface area contributed by atoms with Crippen molar-refractivity contribution in [2.24, 2.45) is 0 Å². The summed E-state index contributed by atoms with van der Waals surface area (Å²) in [5, 5.41) is 0. The molecule has 1 rings (SSSR count). The van der Waals surface area contributed by atoms with Crippen LogP contribution in [-0.2, 0) is 6.42 Å². The Hall–Kier alpha value is -1.05. The second-order valence-electron chi connectivity index (χ2n) is 4.19. The smallest absolute Gasteiger partial charge is 0.126 e. The maximum absolute atomic E-state index is 13.1. The quantitative estimate of drug-likeness (QED) is 0.698. The van der Waals surface area contributed by atoms with Crippen LogP contribution in [0.15, 0.2) is 18.2 Å². The predicted octanol–water partition coefficient (Wildman–Crippen LogP) is 4.35. The van der Waals surface area contributed by atoms with Crippen molar-refractivity contribution in [1.82, 2.24) is 0 Å². The lowest BCUT2D eigenvalue weighted by molar-refractivity contribution is 0.214. The highest BCUT2D eigenvalue weighted by Gasteiger charge is 2.08. The Bertz CT molecular complexity index is 323. The van der Waals surface area contributed by atoms with Crippen LogP contribution in [0.25, 0.3) is 0 Å². The lowest BCUT2D eigenvalue weighted by Gasteiger charge is -2.16. The van der Waals surface area contributed by atoms with Gasteiger partial charge in [-0.2, -0.15) is 0 Å². The van der Waals surface area contributed by atoms with Gasteiger partial charge in [0.25, 0.3) is 0 Å². The maximum atomic E-state index is 13.1. The molecule has 16 heavy (non-hydrogen) atoms. The molecule has 0 bridgehead atoms. The number of benzene rings is 1. The minimum atomic E-state index is -0.224. The fourth-order valence-electron chi connectivity index (χ4n) is 1.51. The minimum Gasteiger partial charge on any atom is -0.490 e. The first kappa shape index (κ1) is 13.0. The van der Waals surface area contributed by atoms with E-state index in [1.807, 2.05) is 13.0 Å². The van der Waals surface area contributed by atoms with Gasteiger partial charge in [-0.05, 0) is 37.8 Å². The fourth-order valence-corrected chi connectivity index (χ4v) is 1.51. The molecule has 0 saturated heterocycles. The highest BCUT2D eigenvalue weighted by atomic mass is 19.1. The van der Waals surface area contributed by atoms with Crippen molar-refractivity contribution in [1.29, 1.82) is 0 Å². The molecule has 90 valence electrons. The molecule has 1 aromatic rings. The summed E-state index contributed by atoms with van der Waals surface area (Å²) >= 11 is 0. The van der Waals surface area contributed by atoms with Gasteiger partial charge in [0.2, 0.25) is 0 Å². The molecule has 0 aliphatic heterocycles. The molecule has 0 amide bonds. The summed E-state index contributed by atoms with van der Waals surface area (Å²) in [6, 6.07) is 4.84. The largest absolute Gasteiger partial charge is 0.490 e. The predicted molar refractivity (Wildman–Crippen MR) is 65.4 cm³/mol. The van der Waals surface area contributed by atoms with Gasteiger partial charge in [0, 0.05) is 6.07 Å². The molecule has 1 nitrogen and oxygen atoms in total. The van der Waals surface area contributed by atoms with Gasteiger partial charge in [-0.3, -0.25) is 0 Å².